The maximum atomic E-state index is 12.3. The lowest BCUT2D eigenvalue weighted by Gasteiger charge is -2.11. The Hall–Kier alpha value is -2.70. The number of hydrazine groups is 1. The number of hydrogen-bond donors (Lipinski definition) is 4. The molecule has 0 bridgehead atoms. The van der Waals surface area contributed by atoms with Crippen LogP contribution >= 0.6 is 0 Å². The highest BCUT2D eigenvalue weighted by atomic mass is 16.3. The van der Waals surface area contributed by atoms with Crippen LogP contribution in [0.5, 0.6) is 5.75 Å². The maximum absolute atomic E-state index is 12.3. The average molecular weight is 366 g/mol. The van der Waals surface area contributed by atoms with Gasteiger partial charge in [0.1, 0.15) is 11.8 Å². The Kier molecular flexibility index (Phi) is 6.21. The van der Waals surface area contributed by atoms with Crippen LogP contribution in [0.15, 0.2) is 53.6 Å². The Morgan fingerprint density at radius 3 is 2.67 bits per heavy atom. The number of aromatic hydroxyl groups is 1. The number of phenolic OH excluding ortho intramolecular Hbond substituents is 1. The summed E-state index contributed by atoms with van der Waals surface area (Å²) in [5.74, 6) is 0.541. The molecule has 1 heterocycles. The van der Waals surface area contributed by atoms with E-state index < -0.39 is 0 Å². The van der Waals surface area contributed by atoms with Crippen molar-refractivity contribution >= 4 is 12.1 Å². The largest absolute Gasteiger partial charge is 0.507 e. The zero-order valence-corrected chi connectivity index (χ0v) is 15.6. The highest BCUT2D eigenvalue weighted by Gasteiger charge is 2.29. The van der Waals surface area contributed by atoms with Gasteiger partial charge in [-0.2, -0.15) is 5.10 Å². The number of nitrogens with zero attached hydrogens (tertiary/aromatic N) is 1. The van der Waals surface area contributed by atoms with Crippen LogP contribution in [0, 0.1) is 5.92 Å². The minimum absolute atomic E-state index is 0.0796. The summed E-state index contributed by atoms with van der Waals surface area (Å²) in [5, 5.41) is 13.6. The van der Waals surface area contributed by atoms with E-state index in [1.54, 1.807) is 24.3 Å². The molecule has 0 aromatic heterocycles. The molecule has 4 N–H and O–H groups in total. The van der Waals surface area contributed by atoms with Crippen molar-refractivity contribution in [3.05, 3.63) is 65.2 Å². The van der Waals surface area contributed by atoms with Gasteiger partial charge < -0.3 is 5.11 Å². The zero-order valence-electron chi connectivity index (χ0n) is 15.6. The van der Waals surface area contributed by atoms with E-state index in [2.05, 4.69) is 59.5 Å². The van der Waals surface area contributed by atoms with Crippen LogP contribution in [0.4, 0.5) is 0 Å². The third-order valence-corrected chi connectivity index (χ3v) is 4.56. The fourth-order valence-corrected chi connectivity index (χ4v) is 3.14. The minimum Gasteiger partial charge on any atom is -0.507 e. The molecule has 1 aliphatic rings. The van der Waals surface area contributed by atoms with Gasteiger partial charge in [-0.3, -0.25) is 4.79 Å². The number of hydrogen-bond acceptors (Lipinski definition) is 5. The van der Waals surface area contributed by atoms with Crippen LogP contribution in [0.2, 0.25) is 0 Å². The smallest absolute Gasteiger partial charge is 0.258 e. The molecule has 0 saturated carbocycles. The predicted octanol–water partition coefficient (Wildman–Crippen LogP) is 2.65. The Labute approximate surface area is 159 Å². The summed E-state index contributed by atoms with van der Waals surface area (Å²) in [6.07, 6.45) is 3.14. The minimum atomic E-state index is -0.369. The summed E-state index contributed by atoms with van der Waals surface area (Å²) in [6, 6.07) is 15.1. The van der Waals surface area contributed by atoms with E-state index >= 15 is 0 Å². The first-order valence-electron chi connectivity index (χ1n) is 9.23. The topological polar surface area (TPSA) is 85.8 Å². The number of carbonyl (C=O) groups is 1. The molecular weight excluding hydrogens is 340 g/mol. The Morgan fingerprint density at radius 2 is 1.96 bits per heavy atom. The summed E-state index contributed by atoms with van der Waals surface area (Å²) in [6.45, 7) is 4.42. The Balaban J connectivity index is 1.52. The van der Waals surface area contributed by atoms with Gasteiger partial charge in [-0.25, -0.2) is 16.3 Å². The van der Waals surface area contributed by atoms with Gasteiger partial charge in [0, 0.05) is 11.6 Å². The Morgan fingerprint density at radius 1 is 1.22 bits per heavy atom. The normalized spacial score (nSPS) is 19.7. The number of para-hydroxylation sites is 1. The van der Waals surface area contributed by atoms with E-state index in [0.29, 0.717) is 17.9 Å². The van der Waals surface area contributed by atoms with Crippen LogP contribution in [0.25, 0.3) is 0 Å². The number of amides is 1. The van der Waals surface area contributed by atoms with Crippen molar-refractivity contribution < 1.29 is 9.90 Å². The van der Waals surface area contributed by atoms with Crippen molar-refractivity contribution in [3.8, 4) is 5.75 Å². The first-order chi connectivity index (χ1) is 13.0. The molecule has 27 heavy (non-hydrogen) atoms. The van der Waals surface area contributed by atoms with Crippen molar-refractivity contribution in [2.45, 2.75) is 38.8 Å². The number of nitrogens with one attached hydrogen (secondary N) is 3. The third kappa shape index (κ3) is 5.15. The van der Waals surface area contributed by atoms with Gasteiger partial charge in [-0.1, -0.05) is 50.2 Å². The van der Waals surface area contributed by atoms with Gasteiger partial charge >= 0.3 is 0 Å². The SMILES string of the molecule is CC(C)Cc1ccc(C2CC(C(=O)N/N=C/c3ccccc3O)NN2)cc1. The second-order valence-corrected chi connectivity index (χ2v) is 7.26. The van der Waals surface area contributed by atoms with Gasteiger partial charge in [0.25, 0.3) is 5.91 Å². The van der Waals surface area contributed by atoms with E-state index in [4.69, 9.17) is 0 Å². The van der Waals surface area contributed by atoms with Gasteiger partial charge in [-0.05, 0) is 42.0 Å². The average Bonchev–Trinajstić information content (AvgIpc) is 3.13. The molecule has 6 heteroatoms. The summed E-state index contributed by atoms with van der Waals surface area (Å²) in [5.41, 5.74) is 11.8. The van der Waals surface area contributed by atoms with E-state index in [0.717, 1.165) is 12.0 Å². The summed E-state index contributed by atoms with van der Waals surface area (Å²) in [4.78, 5) is 12.3. The van der Waals surface area contributed by atoms with Gasteiger partial charge in [-0.15, -0.1) is 0 Å². The molecule has 1 amide bonds. The highest BCUT2D eigenvalue weighted by molar-refractivity contribution is 5.86. The molecule has 0 spiro atoms. The third-order valence-electron chi connectivity index (χ3n) is 4.56. The lowest BCUT2D eigenvalue weighted by Crippen LogP contribution is -2.41. The van der Waals surface area contributed by atoms with Crippen LogP contribution in [-0.2, 0) is 11.2 Å². The molecule has 2 atom stereocenters. The lowest BCUT2D eigenvalue weighted by molar-refractivity contribution is -0.122. The molecule has 1 aliphatic heterocycles. The number of phenols is 1. The molecule has 2 unspecified atom stereocenters. The molecule has 6 nitrogen and oxygen atoms in total. The highest BCUT2D eigenvalue weighted by Crippen LogP contribution is 2.23. The van der Waals surface area contributed by atoms with Gasteiger partial charge in [0.2, 0.25) is 0 Å². The fraction of sp³-hybridized carbons (Fsp3) is 0.333. The second kappa shape index (κ2) is 8.79. The second-order valence-electron chi connectivity index (χ2n) is 7.26. The quantitative estimate of drug-likeness (QED) is 0.468. The predicted molar refractivity (Wildman–Crippen MR) is 106 cm³/mol. The monoisotopic (exact) mass is 366 g/mol. The van der Waals surface area contributed by atoms with Crippen molar-refractivity contribution in [2.24, 2.45) is 11.0 Å². The fourth-order valence-electron chi connectivity index (χ4n) is 3.14. The number of carbonyl (C=O) groups excluding carboxylic acids is 1. The first-order valence-corrected chi connectivity index (χ1v) is 9.23. The zero-order chi connectivity index (χ0) is 19.2. The van der Waals surface area contributed by atoms with E-state index in [-0.39, 0.29) is 23.7 Å². The molecule has 0 radical (unpaired) electrons. The van der Waals surface area contributed by atoms with Gasteiger partial charge in [0.05, 0.1) is 6.21 Å². The van der Waals surface area contributed by atoms with Crippen LogP contribution in [-0.4, -0.2) is 23.3 Å². The van der Waals surface area contributed by atoms with E-state index in [9.17, 15) is 9.90 Å². The Bertz CT molecular complexity index is 802. The molecule has 2 aromatic carbocycles. The number of hydrazone groups is 1. The summed E-state index contributed by atoms with van der Waals surface area (Å²) >= 11 is 0. The van der Waals surface area contributed by atoms with Gasteiger partial charge in [0.15, 0.2) is 0 Å². The molecule has 0 aliphatic carbocycles. The molecule has 1 saturated heterocycles. The standard InChI is InChI=1S/C21H26N4O2/c1-14(2)11-15-7-9-16(10-8-15)18-12-19(24-23-18)21(27)25-22-13-17-5-3-4-6-20(17)26/h3-10,13-14,18-19,23-24,26H,11-12H2,1-2H3,(H,25,27)/b22-13+. The number of rotatable bonds is 6. The summed E-state index contributed by atoms with van der Waals surface area (Å²) < 4.78 is 0. The molecule has 3 rings (SSSR count). The first kappa shape index (κ1) is 19.1. The van der Waals surface area contributed by atoms with Crippen molar-refractivity contribution in [1.82, 2.24) is 16.3 Å². The molecule has 142 valence electrons. The van der Waals surface area contributed by atoms with Crippen LogP contribution in [0.3, 0.4) is 0 Å². The van der Waals surface area contributed by atoms with Crippen molar-refractivity contribution in [3.63, 3.8) is 0 Å². The van der Waals surface area contributed by atoms with Crippen molar-refractivity contribution in [2.75, 3.05) is 0 Å². The van der Waals surface area contributed by atoms with Crippen molar-refractivity contribution in [1.29, 1.82) is 0 Å². The number of benzene rings is 2. The molecule has 2 aromatic rings. The summed E-state index contributed by atoms with van der Waals surface area (Å²) in [7, 11) is 0. The van der Waals surface area contributed by atoms with E-state index in [1.807, 2.05) is 0 Å². The van der Waals surface area contributed by atoms with Crippen LogP contribution in [0.1, 0.15) is 43.0 Å². The molecule has 1 fully saturated rings. The maximum Gasteiger partial charge on any atom is 0.258 e. The lowest BCUT2D eigenvalue weighted by atomic mass is 9.97. The molecular formula is C21H26N4O2. The van der Waals surface area contributed by atoms with Crippen LogP contribution < -0.4 is 16.3 Å². The van der Waals surface area contributed by atoms with E-state index in [1.165, 1.54) is 11.8 Å².